The second-order valence-electron chi connectivity index (χ2n) is 6.88. The zero-order valence-electron chi connectivity index (χ0n) is 14.8. The van der Waals surface area contributed by atoms with E-state index in [9.17, 15) is 14.7 Å². The lowest BCUT2D eigenvalue weighted by atomic mass is 10.2. The molecule has 25 heavy (non-hydrogen) atoms. The minimum absolute atomic E-state index is 0.0286. The number of aryl methyl sites for hydroxylation is 1. The van der Waals surface area contributed by atoms with Crippen molar-refractivity contribution in [3.8, 4) is 0 Å². The number of carbonyl (C=O) groups is 2. The first-order valence-corrected chi connectivity index (χ1v) is 8.98. The highest BCUT2D eigenvalue weighted by Crippen LogP contribution is 2.13. The number of hydrogen-bond acceptors (Lipinski definition) is 5. The number of carbonyl (C=O) groups excluding carboxylic acids is 2. The van der Waals surface area contributed by atoms with E-state index >= 15 is 0 Å². The van der Waals surface area contributed by atoms with Crippen LogP contribution in [0.1, 0.15) is 25.1 Å². The standard InChI is InChI=1S/C17H27N5O3/c1-19-7-5-18-15(19)12-20-8-10-21(11-9-20)16(24)13-22-6-3-2-4-14(23)17(22)25/h5,7,14,23H,2-4,6,8-13H2,1H3. The number of aliphatic hydroxyl groups is 1. The molecule has 2 aliphatic heterocycles. The maximum Gasteiger partial charge on any atom is 0.251 e. The Labute approximate surface area is 148 Å². The van der Waals surface area contributed by atoms with E-state index in [4.69, 9.17) is 0 Å². The summed E-state index contributed by atoms with van der Waals surface area (Å²) in [7, 11) is 1.98. The topological polar surface area (TPSA) is 81.9 Å². The van der Waals surface area contributed by atoms with Crippen molar-refractivity contribution < 1.29 is 14.7 Å². The summed E-state index contributed by atoms with van der Waals surface area (Å²) in [5.41, 5.74) is 0. The maximum absolute atomic E-state index is 12.5. The quantitative estimate of drug-likeness (QED) is 0.788. The van der Waals surface area contributed by atoms with E-state index in [1.807, 2.05) is 22.7 Å². The van der Waals surface area contributed by atoms with Crippen LogP contribution in [-0.2, 0) is 23.2 Å². The van der Waals surface area contributed by atoms with Crippen LogP contribution in [-0.4, -0.2) is 86.5 Å². The van der Waals surface area contributed by atoms with Crippen LogP contribution >= 0.6 is 0 Å². The number of imidazole rings is 1. The maximum atomic E-state index is 12.5. The number of nitrogens with zero attached hydrogens (tertiary/aromatic N) is 5. The normalized spacial score (nSPS) is 23.0. The molecule has 3 heterocycles. The zero-order chi connectivity index (χ0) is 17.8. The Bertz CT molecular complexity index is 609. The molecule has 0 aromatic carbocycles. The van der Waals surface area contributed by atoms with Gasteiger partial charge >= 0.3 is 0 Å². The Morgan fingerprint density at radius 1 is 1.24 bits per heavy atom. The molecule has 1 atom stereocenters. The fourth-order valence-corrected chi connectivity index (χ4v) is 3.41. The Morgan fingerprint density at radius 3 is 2.68 bits per heavy atom. The van der Waals surface area contributed by atoms with E-state index in [1.54, 1.807) is 6.20 Å². The van der Waals surface area contributed by atoms with Crippen molar-refractivity contribution in [2.24, 2.45) is 7.05 Å². The average Bonchev–Trinajstić information content (AvgIpc) is 2.94. The van der Waals surface area contributed by atoms with E-state index in [0.717, 1.165) is 38.3 Å². The molecule has 3 rings (SSSR count). The molecular weight excluding hydrogens is 322 g/mol. The highest BCUT2D eigenvalue weighted by Gasteiger charge is 2.29. The smallest absolute Gasteiger partial charge is 0.251 e. The van der Waals surface area contributed by atoms with Crippen LogP contribution in [0.2, 0.25) is 0 Å². The van der Waals surface area contributed by atoms with Gasteiger partial charge in [-0.25, -0.2) is 4.98 Å². The molecule has 2 amide bonds. The lowest BCUT2D eigenvalue weighted by Gasteiger charge is -2.35. The van der Waals surface area contributed by atoms with Crippen LogP contribution in [0.15, 0.2) is 12.4 Å². The predicted molar refractivity (Wildman–Crippen MR) is 91.5 cm³/mol. The van der Waals surface area contributed by atoms with E-state index in [1.165, 1.54) is 4.90 Å². The number of amides is 2. The number of hydrogen-bond donors (Lipinski definition) is 1. The Kier molecular flexibility index (Phi) is 5.70. The highest BCUT2D eigenvalue weighted by molar-refractivity contribution is 5.87. The molecule has 1 unspecified atom stereocenters. The second kappa shape index (κ2) is 7.97. The second-order valence-corrected chi connectivity index (χ2v) is 6.88. The van der Waals surface area contributed by atoms with Crippen molar-refractivity contribution in [3.05, 3.63) is 18.2 Å². The zero-order valence-corrected chi connectivity index (χ0v) is 14.8. The van der Waals surface area contributed by atoms with E-state index in [-0.39, 0.29) is 18.4 Å². The molecule has 2 saturated heterocycles. The molecule has 0 saturated carbocycles. The minimum Gasteiger partial charge on any atom is -0.383 e. The third-order valence-corrected chi connectivity index (χ3v) is 5.09. The number of rotatable bonds is 4. The molecule has 0 bridgehead atoms. The van der Waals surface area contributed by atoms with Crippen LogP contribution in [0.5, 0.6) is 0 Å². The van der Waals surface area contributed by atoms with Crippen molar-refractivity contribution in [1.82, 2.24) is 24.3 Å². The Morgan fingerprint density at radius 2 is 2.00 bits per heavy atom. The van der Waals surface area contributed by atoms with E-state index < -0.39 is 6.10 Å². The highest BCUT2D eigenvalue weighted by atomic mass is 16.3. The monoisotopic (exact) mass is 349 g/mol. The molecule has 8 heteroatoms. The molecule has 2 aliphatic rings. The molecule has 2 fully saturated rings. The molecule has 138 valence electrons. The van der Waals surface area contributed by atoms with Crippen molar-refractivity contribution >= 4 is 11.8 Å². The first-order chi connectivity index (χ1) is 12.0. The average molecular weight is 349 g/mol. The fraction of sp³-hybridized carbons (Fsp3) is 0.706. The number of likely N-dealkylation sites (tertiary alicyclic amines) is 1. The SMILES string of the molecule is Cn1ccnc1CN1CCN(C(=O)CN2CCCCC(O)C2=O)CC1. The third kappa shape index (κ3) is 4.38. The van der Waals surface area contributed by atoms with Crippen LogP contribution in [0.4, 0.5) is 0 Å². The van der Waals surface area contributed by atoms with Crippen LogP contribution in [0, 0.1) is 0 Å². The van der Waals surface area contributed by atoms with Gasteiger partial charge in [-0.15, -0.1) is 0 Å². The summed E-state index contributed by atoms with van der Waals surface area (Å²) in [5, 5.41) is 9.80. The predicted octanol–water partition coefficient (Wildman–Crippen LogP) is -0.562. The van der Waals surface area contributed by atoms with Gasteiger partial charge in [-0.05, 0) is 19.3 Å². The first-order valence-electron chi connectivity index (χ1n) is 8.98. The summed E-state index contributed by atoms with van der Waals surface area (Å²) in [5.74, 6) is 0.683. The van der Waals surface area contributed by atoms with Crippen LogP contribution in [0.3, 0.4) is 0 Å². The van der Waals surface area contributed by atoms with Gasteiger partial charge in [-0.1, -0.05) is 0 Å². The van der Waals surface area contributed by atoms with E-state index in [0.29, 0.717) is 26.1 Å². The summed E-state index contributed by atoms with van der Waals surface area (Å²) >= 11 is 0. The molecule has 1 aromatic rings. The number of aliphatic hydroxyl groups excluding tert-OH is 1. The van der Waals surface area contributed by atoms with Crippen molar-refractivity contribution in [1.29, 1.82) is 0 Å². The lowest BCUT2D eigenvalue weighted by molar-refractivity contribution is -0.146. The van der Waals surface area contributed by atoms with Gasteiger partial charge in [0.25, 0.3) is 5.91 Å². The molecule has 0 aliphatic carbocycles. The Hall–Kier alpha value is -1.93. The van der Waals surface area contributed by atoms with E-state index in [2.05, 4.69) is 9.88 Å². The van der Waals surface area contributed by atoms with Crippen LogP contribution < -0.4 is 0 Å². The number of piperazine rings is 1. The van der Waals surface area contributed by atoms with Gasteiger partial charge in [0.1, 0.15) is 11.9 Å². The molecule has 0 radical (unpaired) electrons. The third-order valence-electron chi connectivity index (χ3n) is 5.09. The van der Waals surface area contributed by atoms with Gasteiger partial charge in [0.2, 0.25) is 5.91 Å². The van der Waals surface area contributed by atoms with Crippen molar-refractivity contribution in [2.75, 3.05) is 39.3 Å². The molecule has 1 aromatic heterocycles. The summed E-state index contributed by atoms with van der Waals surface area (Å²) in [6.07, 6.45) is 4.93. The van der Waals surface area contributed by atoms with Gasteiger partial charge < -0.3 is 19.5 Å². The largest absolute Gasteiger partial charge is 0.383 e. The molecule has 0 spiro atoms. The molecule has 1 N–H and O–H groups in total. The summed E-state index contributed by atoms with van der Waals surface area (Å²) in [6, 6.07) is 0. The van der Waals surface area contributed by atoms with Crippen molar-refractivity contribution in [2.45, 2.75) is 31.9 Å². The van der Waals surface area contributed by atoms with Gasteiger partial charge in [-0.2, -0.15) is 0 Å². The minimum atomic E-state index is -0.954. The van der Waals surface area contributed by atoms with Gasteiger partial charge in [0.15, 0.2) is 0 Å². The fourth-order valence-electron chi connectivity index (χ4n) is 3.41. The van der Waals surface area contributed by atoms with Crippen LogP contribution in [0.25, 0.3) is 0 Å². The van der Waals surface area contributed by atoms with Gasteiger partial charge in [0.05, 0.1) is 13.1 Å². The molecule has 8 nitrogen and oxygen atoms in total. The summed E-state index contributed by atoms with van der Waals surface area (Å²) < 4.78 is 2.01. The van der Waals surface area contributed by atoms with Crippen molar-refractivity contribution in [3.63, 3.8) is 0 Å². The lowest BCUT2D eigenvalue weighted by Crippen LogP contribution is -2.52. The summed E-state index contributed by atoms with van der Waals surface area (Å²) in [4.78, 5) is 34.6. The number of aromatic nitrogens is 2. The first kappa shape index (κ1) is 17.9. The van der Waals surface area contributed by atoms with Gasteiger partial charge in [-0.3, -0.25) is 14.5 Å². The molecular formula is C17H27N5O3. The van der Waals surface area contributed by atoms with Gasteiger partial charge in [0, 0.05) is 52.2 Å². The summed E-state index contributed by atoms with van der Waals surface area (Å²) in [6.45, 7) is 4.34. The Balaban J connectivity index is 1.48.